The molecule has 0 bridgehead atoms. The Labute approximate surface area is 85.4 Å². The molecule has 2 heterocycles. The third-order valence-corrected chi connectivity index (χ3v) is 3.74. The Bertz CT molecular complexity index is 189. The van der Waals surface area contributed by atoms with E-state index in [0.29, 0.717) is 19.1 Å². The minimum Gasteiger partial charge on any atom is -0.389 e. The molecular weight excluding hydrogens is 180 g/mol. The molecule has 0 aromatic carbocycles. The van der Waals surface area contributed by atoms with E-state index in [0.717, 1.165) is 32.5 Å². The number of hydrogen-bond donors (Lipinski definition) is 1. The van der Waals surface area contributed by atoms with Gasteiger partial charge in [0.2, 0.25) is 0 Å². The summed E-state index contributed by atoms with van der Waals surface area (Å²) in [7, 11) is 0. The summed E-state index contributed by atoms with van der Waals surface area (Å²) in [5.74, 6) is 0.554. The van der Waals surface area contributed by atoms with Crippen LogP contribution in [0, 0.1) is 11.8 Å². The summed E-state index contributed by atoms with van der Waals surface area (Å²) in [5.41, 5.74) is -0.543. The van der Waals surface area contributed by atoms with Crippen LogP contribution in [0.25, 0.3) is 0 Å². The van der Waals surface area contributed by atoms with E-state index in [4.69, 9.17) is 9.47 Å². The van der Waals surface area contributed by atoms with Gasteiger partial charge in [0.15, 0.2) is 0 Å². The number of rotatable bonds is 1. The summed E-state index contributed by atoms with van der Waals surface area (Å²) >= 11 is 0. The molecule has 82 valence electrons. The van der Waals surface area contributed by atoms with Gasteiger partial charge in [-0.15, -0.1) is 0 Å². The van der Waals surface area contributed by atoms with Crippen molar-refractivity contribution in [1.29, 1.82) is 0 Å². The average Bonchev–Trinajstić information content (AvgIpc) is 2.24. The van der Waals surface area contributed by atoms with E-state index in [9.17, 15) is 5.11 Å². The van der Waals surface area contributed by atoms with Gasteiger partial charge in [-0.25, -0.2) is 0 Å². The van der Waals surface area contributed by atoms with Gasteiger partial charge in [0, 0.05) is 31.5 Å². The van der Waals surface area contributed by atoms with Crippen LogP contribution in [0.2, 0.25) is 0 Å². The van der Waals surface area contributed by atoms with Crippen molar-refractivity contribution in [1.82, 2.24) is 0 Å². The molecule has 3 unspecified atom stereocenters. The third kappa shape index (κ3) is 1.81. The van der Waals surface area contributed by atoms with Crippen molar-refractivity contribution >= 4 is 0 Å². The fourth-order valence-electron chi connectivity index (χ4n) is 2.63. The van der Waals surface area contributed by atoms with E-state index in [1.807, 2.05) is 0 Å². The van der Waals surface area contributed by atoms with E-state index < -0.39 is 5.60 Å². The van der Waals surface area contributed by atoms with E-state index >= 15 is 0 Å². The molecule has 2 rings (SSSR count). The van der Waals surface area contributed by atoms with Crippen molar-refractivity contribution in [2.75, 3.05) is 26.4 Å². The molecule has 2 fully saturated rings. The van der Waals surface area contributed by atoms with E-state index in [1.54, 1.807) is 0 Å². The van der Waals surface area contributed by atoms with Crippen molar-refractivity contribution in [2.45, 2.75) is 31.8 Å². The van der Waals surface area contributed by atoms with E-state index in [2.05, 4.69) is 6.92 Å². The van der Waals surface area contributed by atoms with Gasteiger partial charge in [-0.05, 0) is 12.8 Å². The monoisotopic (exact) mass is 200 g/mol. The topological polar surface area (TPSA) is 38.7 Å². The summed E-state index contributed by atoms with van der Waals surface area (Å²) in [6, 6.07) is 0. The van der Waals surface area contributed by atoms with Gasteiger partial charge >= 0.3 is 0 Å². The van der Waals surface area contributed by atoms with Crippen molar-refractivity contribution in [2.24, 2.45) is 11.8 Å². The second-order valence-corrected chi connectivity index (χ2v) is 4.63. The lowest BCUT2D eigenvalue weighted by atomic mass is 9.72. The highest BCUT2D eigenvalue weighted by atomic mass is 16.5. The van der Waals surface area contributed by atoms with Crippen molar-refractivity contribution < 1.29 is 14.6 Å². The first-order valence-electron chi connectivity index (χ1n) is 5.61. The molecule has 2 aliphatic rings. The van der Waals surface area contributed by atoms with Crippen LogP contribution in [0.4, 0.5) is 0 Å². The summed E-state index contributed by atoms with van der Waals surface area (Å²) in [5, 5.41) is 10.6. The molecule has 0 aromatic heterocycles. The maximum absolute atomic E-state index is 10.6. The largest absolute Gasteiger partial charge is 0.389 e. The molecule has 3 nitrogen and oxygen atoms in total. The highest BCUT2D eigenvalue weighted by molar-refractivity contribution is 4.93. The SMILES string of the molecule is CC1COCCC1(O)C1CCCOC1. The number of ether oxygens (including phenoxy) is 2. The van der Waals surface area contributed by atoms with Crippen LogP contribution in [-0.2, 0) is 9.47 Å². The first kappa shape index (κ1) is 10.4. The molecule has 0 amide bonds. The molecule has 0 aromatic rings. The molecule has 1 N–H and O–H groups in total. The van der Waals surface area contributed by atoms with Gasteiger partial charge in [0.1, 0.15) is 0 Å². The van der Waals surface area contributed by atoms with Gasteiger partial charge in [0.25, 0.3) is 0 Å². The van der Waals surface area contributed by atoms with Crippen LogP contribution in [0.1, 0.15) is 26.2 Å². The minimum atomic E-state index is -0.543. The van der Waals surface area contributed by atoms with E-state index in [-0.39, 0.29) is 5.92 Å². The zero-order chi connectivity index (χ0) is 10.0. The van der Waals surface area contributed by atoms with E-state index in [1.165, 1.54) is 0 Å². The minimum absolute atomic E-state index is 0.239. The van der Waals surface area contributed by atoms with Crippen LogP contribution in [-0.4, -0.2) is 37.1 Å². The number of aliphatic hydroxyl groups is 1. The predicted octanol–water partition coefficient (Wildman–Crippen LogP) is 1.20. The first-order valence-corrected chi connectivity index (χ1v) is 5.61. The van der Waals surface area contributed by atoms with Gasteiger partial charge in [0.05, 0.1) is 18.8 Å². The summed E-state index contributed by atoms with van der Waals surface area (Å²) in [6.07, 6.45) is 2.95. The van der Waals surface area contributed by atoms with Gasteiger partial charge < -0.3 is 14.6 Å². The Morgan fingerprint density at radius 1 is 1.21 bits per heavy atom. The Balaban J connectivity index is 2.03. The third-order valence-electron chi connectivity index (χ3n) is 3.74. The molecular formula is C11H20O3. The van der Waals surface area contributed by atoms with Crippen molar-refractivity contribution in [3.63, 3.8) is 0 Å². The lowest BCUT2D eigenvalue weighted by molar-refractivity contribution is -0.162. The normalized spacial score (nSPS) is 45.0. The average molecular weight is 200 g/mol. The molecule has 0 spiro atoms. The maximum atomic E-state index is 10.6. The number of hydrogen-bond acceptors (Lipinski definition) is 3. The standard InChI is InChI=1S/C11H20O3/c1-9-7-14-6-4-11(9,12)10-3-2-5-13-8-10/h9-10,12H,2-8H2,1H3. The Morgan fingerprint density at radius 3 is 2.64 bits per heavy atom. The summed E-state index contributed by atoms with van der Waals surface area (Å²) in [6.45, 7) is 5.04. The molecule has 2 aliphatic heterocycles. The van der Waals surface area contributed by atoms with Gasteiger partial charge in [-0.2, -0.15) is 0 Å². The Kier molecular flexibility index (Phi) is 3.10. The van der Waals surface area contributed by atoms with Crippen molar-refractivity contribution in [3.8, 4) is 0 Å². The van der Waals surface area contributed by atoms with Crippen LogP contribution in [0.15, 0.2) is 0 Å². The van der Waals surface area contributed by atoms with Crippen LogP contribution < -0.4 is 0 Å². The molecule has 0 aliphatic carbocycles. The molecule has 3 heteroatoms. The highest BCUT2D eigenvalue weighted by Gasteiger charge is 2.44. The van der Waals surface area contributed by atoms with Crippen LogP contribution >= 0.6 is 0 Å². The first-order chi connectivity index (χ1) is 6.73. The zero-order valence-electron chi connectivity index (χ0n) is 8.87. The predicted molar refractivity (Wildman–Crippen MR) is 53.1 cm³/mol. The van der Waals surface area contributed by atoms with Crippen molar-refractivity contribution in [3.05, 3.63) is 0 Å². The molecule has 2 saturated heterocycles. The Morgan fingerprint density at radius 2 is 2.00 bits per heavy atom. The maximum Gasteiger partial charge on any atom is 0.0766 e. The fraction of sp³-hybridized carbons (Fsp3) is 1.00. The summed E-state index contributed by atoms with van der Waals surface area (Å²) in [4.78, 5) is 0. The van der Waals surface area contributed by atoms with Gasteiger partial charge in [-0.3, -0.25) is 0 Å². The second-order valence-electron chi connectivity index (χ2n) is 4.63. The molecule has 0 saturated carbocycles. The fourth-order valence-corrected chi connectivity index (χ4v) is 2.63. The molecule has 3 atom stereocenters. The van der Waals surface area contributed by atoms with Gasteiger partial charge in [-0.1, -0.05) is 6.92 Å². The lowest BCUT2D eigenvalue weighted by Crippen LogP contribution is -2.52. The quantitative estimate of drug-likeness (QED) is 0.691. The molecule has 14 heavy (non-hydrogen) atoms. The second kappa shape index (κ2) is 4.17. The Hall–Kier alpha value is -0.120. The smallest absolute Gasteiger partial charge is 0.0766 e. The summed E-state index contributed by atoms with van der Waals surface area (Å²) < 4.78 is 10.8. The zero-order valence-corrected chi connectivity index (χ0v) is 8.87. The lowest BCUT2D eigenvalue weighted by Gasteiger charge is -2.45. The van der Waals surface area contributed by atoms with Crippen LogP contribution in [0.5, 0.6) is 0 Å². The highest BCUT2D eigenvalue weighted by Crippen LogP contribution is 2.37. The molecule has 0 radical (unpaired) electrons. The van der Waals surface area contributed by atoms with Crippen LogP contribution in [0.3, 0.4) is 0 Å².